The predicted molar refractivity (Wildman–Crippen MR) is 119 cm³/mol. The SMILES string of the molecule is Cc1ccc(S(=O)(=O)c2nnn3c2nc(Nc2ccccc2C)c2ccccc23)cc1. The van der Waals surface area contributed by atoms with Crippen LogP contribution in [0.3, 0.4) is 0 Å². The lowest BCUT2D eigenvalue weighted by Crippen LogP contribution is -2.06. The minimum absolute atomic E-state index is 0.156. The normalized spacial score (nSPS) is 11.8. The van der Waals surface area contributed by atoms with Gasteiger partial charge in [-0.2, -0.15) is 4.52 Å². The van der Waals surface area contributed by atoms with Gasteiger partial charge < -0.3 is 5.32 Å². The first-order valence-corrected chi connectivity index (χ1v) is 11.2. The molecular weight excluding hydrogens is 410 g/mol. The Morgan fingerprint density at radius 2 is 1.58 bits per heavy atom. The van der Waals surface area contributed by atoms with Crippen LogP contribution in [0.25, 0.3) is 16.6 Å². The second kappa shape index (κ2) is 7.17. The second-order valence-corrected chi connectivity index (χ2v) is 9.23. The fourth-order valence-electron chi connectivity index (χ4n) is 3.48. The first-order chi connectivity index (χ1) is 14.9. The maximum atomic E-state index is 13.3. The highest BCUT2D eigenvalue weighted by atomic mass is 32.2. The average Bonchev–Trinajstić information content (AvgIpc) is 3.21. The Balaban J connectivity index is 1.75. The van der Waals surface area contributed by atoms with Crippen molar-refractivity contribution < 1.29 is 8.42 Å². The highest BCUT2D eigenvalue weighted by Crippen LogP contribution is 2.30. The molecule has 0 saturated carbocycles. The summed E-state index contributed by atoms with van der Waals surface area (Å²) in [6.07, 6.45) is 0. The molecule has 0 amide bonds. The largest absolute Gasteiger partial charge is 0.339 e. The van der Waals surface area contributed by atoms with Gasteiger partial charge in [0.2, 0.25) is 14.9 Å². The molecule has 0 aliphatic rings. The summed E-state index contributed by atoms with van der Waals surface area (Å²) in [5, 5.41) is 12.1. The van der Waals surface area contributed by atoms with E-state index in [-0.39, 0.29) is 15.6 Å². The molecule has 7 nitrogen and oxygen atoms in total. The minimum Gasteiger partial charge on any atom is -0.339 e. The number of benzene rings is 3. The van der Waals surface area contributed by atoms with E-state index >= 15 is 0 Å². The van der Waals surface area contributed by atoms with Gasteiger partial charge >= 0.3 is 0 Å². The van der Waals surface area contributed by atoms with Crippen molar-refractivity contribution in [2.24, 2.45) is 0 Å². The Bertz CT molecular complexity index is 1540. The van der Waals surface area contributed by atoms with E-state index in [0.29, 0.717) is 11.3 Å². The highest BCUT2D eigenvalue weighted by Gasteiger charge is 2.27. The lowest BCUT2D eigenvalue weighted by molar-refractivity contribution is 0.592. The quantitative estimate of drug-likeness (QED) is 0.453. The summed E-state index contributed by atoms with van der Waals surface area (Å²) >= 11 is 0. The van der Waals surface area contributed by atoms with Gasteiger partial charge in [-0.05, 0) is 49.7 Å². The van der Waals surface area contributed by atoms with Crippen LogP contribution in [0.15, 0.2) is 82.7 Å². The van der Waals surface area contributed by atoms with Crippen LogP contribution in [0.1, 0.15) is 11.1 Å². The first kappa shape index (κ1) is 19.2. The van der Waals surface area contributed by atoms with Crippen LogP contribution < -0.4 is 5.32 Å². The monoisotopic (exact) mass is 429 g/mol. The molecule has 8 heteroatoms. The van der Waals surface area contributed by atoms with Gasteiger partial charge in [0, 0.05) is 11.1 Å². The van der Waals surface area contributed by atoms with Gasteiger partial charge in [-0.1, -0.05) is 53.2 Å². The molecule has 31 heavy (non-hydrogen) atoms. The van der Waals surface area contributed by atoms with Crippen LogP contribution >= 0.6 is 0 Å². The molecule has 0 aliphatic heterocycles. The smallest absolute Gasteiger partial charge is 0.229 e. The van der Waals surface area contributed by atoms with Gasteiger partial charge in [0.15, 0.2) is 5.65 Å². The number of fused-ring (bicyclic) bond motifs is 3. The molecule has 0 fully saturated rings. The summed E-state index contributed by atoms with van der Waals surface area (Å²) in [6.45, 7) is 3.90. The molecule has 3 aromatic carbocycles. The zero-order chi connectivity index (χ0) is 21.6. The number of nitrogens with one attached hydrogen (secondary N) is 1. The lowest BCUT2D eigenvalue weighted by atomic mass is 10.2. The first-order valence-electron chi connectivity index (χ1n) is 9.74. The van der Waals surface area contributed by atoms with E-state index in [2.05, 4.69) is 20.6 Å². The number of para-hydroxylation sites is 2. The molecule has 5 rings (SSSR count). The number of hydrogen-bond donors (Lipinski definition) is 1. The van der Waals surface area contributed by atoms with E-state index in [1.165, 1.54) is 4.52 Å². The van der Waals surface area contributed by atoms with Gasteiger partial charge in [-0.15, -0.1) is 5.10 Å². The third-order valence-electron chi connectivity index (χ3n) is 5.21. The highest BCUT2D eigenvalue weighted by molar-refractivity contribution is 7.91. The molecule has 5 aromatic rings. The molecule has 154 valence electrons. The minimum atomic E-state index is -3.89. The van der Waals surface area contributed by atoms with Crippen molar-refractivity contribution >= 4 is 37.9 Å². The van der Waals surface area contributed by atoms with Crippen molar-refractivity contribution in [3.05, 3.63) is 83.9 Å². The van der Waals surface area contributed by atoms with Gasteiger partial charge in [0.05, 0.1) is 10.4 Å². The standard InChI is InChI=1S/C23H19N5O2S/c1-15-11-13-17(14-12-15)31(29,30)23-22-25-21(24-19-9-5-3-7-16(19)2)18-8-4-6-10-20(18)28(22)27-26-23/h3-14H,1-2H3,(H,24,25). The van der Waals surface area contributed by atoms with Crippen LogP contribution in [0.2, 0.25) is 0 Å². The Hall–Kier alpha value is -3.78. The van der Waals surface area contributed by atoms with Crippen LogP contribution in [-0.2, 0) is 9.84 Å². The van der Waals surface area contributed by atoms with Gasteiger partial charge in [0.25, 0.3) is 0 Å². The average molecular weight is 430 g/mol. The van der Waals surface area contributed by atoms with Crippen LogP contribution in [-0.4, -0.2) is 28.2 Å². The Morgan fingerprint density at radius 1 is 0.871 bits per heavy atom. The molecule has 0 radical (unpaired) electrons. The molecule has 2 aromatic heterocycles. The summed E-state index contributed by atoms with van der Waals surface area (Å²) in [6, 6.07) is 22.1. The molecule has 0 aliphatic carbocycles. The van der Waals surface area contributed by atoms with Crippen molar-refractivity contribution in [3.8, 4) is 0 Å². The van der Waals surface area contributed by atoms with Crippen LogP contribution in [0.4, 0.5) is 11.5 Å². The molecule has 0 atom stereocenters. The van der Waals surface area contributed by atoms with Crippen molar-refractivity contribution in [1.82, 2.24) is 19.8 Å². The number of aromatic nitrogens is 4. The van der Waals surface area contributed by atoms with Crippen molar-refractivity contribution in [3.63, 3.8) is 0 Å². The fraction of sp³-hybridized carbons (Fsp3) is 0.0870. The van der Waals surface area contributed by atoms with Crippen molar-refractivity contribution in [1.29, 1.82) is 0 Å². The van der Waals surface area contributed by atoms with E-state index < -0.39 is 9.84 Å². The van der Waals surface area contributed by atoms with Gasteiger partial charge in [-0.25, -0.2) is 13.4 Å². The number of rotatable bonds is 4. The predicted octanol–water partition coefficient (Wildman–Crippen LogP) is 4.47. The maximum absolute atomic E-state index is 13.3. The summed E-state index contributed by atoms with van der Waals surface area (Å²) < 4.78 is 28.1. The molecule has 0 bridgehead atoms. The van der Waals surface area contributed by atoms with Crippen LogP contribution in [0.5, 0.6) is 0 Å². The van der Waals surface area contributed by atoms with E-state index in [1.807, 2.05) is 62.4 Å². The number of sulfone groups is 1. The van der Waals surface area contributed by atoms with E-state index in [4.69, 9.17) is 0 Å². The zero-order valence-corrected chi connectivity index (χ0v) is 17.8. The molecule has 0 unspecified atom stereocenters. The molecule has 0 spiro atoms. The number of hydrogen-bond acceptors (Lipinski definition) is 6. The van der Waals surface area contributed by atoms with E-state index in [1.54, 1.807) is 24.3 Å². The van der Waals surface area contributed by atoms with Crippen molar-refractivity contribution in [2.45, 2.75) is 23.8 Å². The summed E-state index contributed by atoms with van der Waals surface area (Å²) in [5.74, 6) is 0.542. The summed E-state index contributed by atoms with van der Waals surface area (Å²) in [5.41, 5.74) is 3.80. The Kier molecular flexibility index (Phi) is 4.44. The maximum Gasteiger partial charge on any atom is 0.229 e. The molecule has 2 heterocycles. The number of anilines is 2. The van der Waals surface area contributed by atoms with E-state index in [0.717, 1.165) is 22.2 Å². The zero-order valence-electron chi connectivity index (χ0n) is 16.9. The fourth-order valence-corrected chi connectivity index (χ4v) is 4.72. The van der Waals surface area contributed by atoms with E-state index in [9.17, 15) is 8.42 Å². The van der Waals surface area contributed by atoms with Gasteiger partial charge in [-0.3, -0.25) is 0 Å². The van der Waals surface area contributed by atoms with Gasteiger partial charge in [0.1, 0.15) is 5.82 Å². The summed E-state index contributed by atoms with van der Waals surface area (Å²) in [7, 11) is -3.89. The summed E-state index contributed by atoms with van der Waals surface area (Å²) in [4.78, 5) is 4.81. The topological polar surface area (TPSA) is 89.2 Å². The third kappa shape index (κ3) is 3.21. The Labute approximate surface area is 179 Å². The number of aryl methyl sites for hydroxylation is 2. The molecule has 1 N–H and O–H groups in total. The third-order valence-corrected chi connectivity index (χ3v) is 6.87. The molecule has 0 saturated heterocycles. The van der Waals surface area contributed by atoms with Crippen LogP contribution in [0, 0.1) is 13.8 Å². The van der Waals surface area contributed by atoms with Crippen molar-refractivity contribution in [2.75, 3.05) is 5.32 Å². The number of nitrogens with zero attached hydrogens (tertiary/aromatic N) is 4. The second-order valence-electron chi connectivity index (χ2n) is 7.36. The molecular formula is C23H19N5O2S. The Morgan fingerprint density at radius 3 is 2.35 bits per heavy atom. The lowest BCUT2D eigenvalue weighted by Gasteiger charge is -2.12.